The molecule has 2 aliphatic heterocycles. The fraction of sp³-hybridized carbons (Fsp3) is 0.481. The van der Waals surface area contributed by atoms with Crippen molar-refractivity contribution in [2.24, 2.45) is 5.92 Å². The van der Waals surface area contributed by atoms with Crippen molar-refractivity contribution < 1.29 is 9.59 Å². The third-order valence-corrected chi connectivity index (χ3v) is 6.81. The molecule has 2 amide bonds. The number of anilines is 2. The van der Waals surface area contributed by atoms with Gasteiger partial charge in [-0.2, -0.15) is 0 Å². The molecule has 0 aromatic heterocycles. The maximum Gasteiger partial charge on any atom is 0.229 e. The van der Waals surface area contributed by atoms with E-state index < -0.39 is 0 Å². The Labute approximate surface area is 191 Å². The Kier molecular flexibility index (Phi) is 7.26. The molecule has 2 heterocycles. The summed E-state index contributed by atoms with van der Waals surface area (Å²) in [6, 6.07) is 14.4. The predicted molar refractivity (Wildman–Crippen MR) is 130 cm³/mol. The lowest BCUT2D eigenvalue weighted by Gasteiger charge is -2.26. The van der Waals surface area contributed by atoms with Crippen LogP contribution in [0.3, 0.4) is 0 Å². The van der Waals surface area contributed by atoms with Crippen LogP contribution < -0.4 is 10.2 Å². The molecule has 2 fully saturated rings. The number of nitrogens with zero attached hydrogens (tertiary/aromatic N) is 2. The molecule has 0 aliphatic carbocycles. The van der Waals surface area contributed by atoms with Gasteiger partial charge in [0.1, 0.15) is 0 Å². The zero-order chi connectivity index (χ0) is 22.5. The van der Waals surface area contributed by atoms with Gasteiger partial charge >= 0.3 is 0 Å². The van der Waals surface area contributed by atoms with Gasteiger partial charge in [-0.05, 0) is 67.6 Å². The minimum absolute atomic E-state index is 0.0395. The molecular weight excluding hydrogens is 398 g/mol. The van der Waals surface area contributed by atoms with Crippen LogP contribution in [0, 0.1) is 5.92 Å². The Morgan fingerprint density at radius 1 is 0.969 bits per heavy atom. The first kappa shape index (κ1) is 22.5. The van der Waals surface area contributed by atoms with Crippen LogP contribution >= 0.6 is 0 Å². The van der Waals surface area contributed by atoms with Crippen molar-refractivity contribution >= 4 is 23.2 Å². The van der Waals surface area contributed by atoms with Gasteiger partial charge in [-0.1, -0.05) is 50.6 Å². The molecule has 2 saturated heterocycles. The van der Waals surface area contributed by atoms with Gasteiger partial charge in [0.2, 0.25) is 11.8 Å². The first-order valence-corrected chi connectivity index (χ1v) is 12.1. The molecule has 5 nitrogen and oxygen atoms in total. The molecule has 1 atom stereocenters. The number of aryl methyl sites for hydroxylation is 2. The molecule has 0 bridgehead atoms. The fourth-order valence-electron chi connectivity index (χ4n) is 4.97. The Morgan fingerprint density at radius 3 is 2.25 bits per heavy atom. The number of likely N-dealkylation sites (tertiary alicyclic amines) is 1. The number of carbonyl (C=O) groups excluding carboxylic acids is 2. The molecule has 32 heavy (non-hydrogen) atoms. The van der Waals surface area contributed by atoms with Crippen molar-refractivity contribution in [3.63, 3.8) is 0 Å². The van der Waals surface area contributed by atoms with Gasteiger partial charge in [0.05, 0.1) is 5.92 Å². The highest BCUT2D eigenvalue weighted by molar-refractivity contribution is 6.04. The van der Waals surface area contributed by atoms with Crippen LogP contribution in [0.25, 0.3) is 0 Å². The van der Waals surface area contributed by atoms with Crippen LogP contribution in [-0.2, 0) is 29.0 Å². The van der Waals surface area contributed by atoms with Crippen LogP contribution in [0.15, 0.2) is 42.5 Å². The van der Waals surface area contributed by atoms with E-state index in [-0.39, 0.29) is 24.2 Å². The average molecular weight is 434 g/mol. The van der Waals surface area contributed by atoms with Crippen molar-refractivity contribution in [3.8, 4) is 0 Å². The van der Waals surface area contributed by atoms with Gasteiger partial charge in [0.25, 0.3) is 0 Å². The van der Waals surface area contributed by atoms with Crippen molar-refractivity contribution in [1.82, 2.24) is 4.90 Å². The molecule has 0 radical (unpaired) electrons. The number of benzene rings is 2. The molecule has 0 spiro atoms. The predicted octanol–water partition coefficient (Wildman–Crippen LogP) is 4.79. The number of hydrogen-bond donors (Lipinski definition) is 1. The Hall–Kier alpha value is -2.66. The molecule has 170 valence electrons. The number of piperidine rings is 1. The highest BCUT2D eigenvalue weighted by atomic mass is 16.2. The topological polar surface area (TPSA) is 52.7 Å². The van der Waals surface area contributed by atoms with E-state index in [4.69, 9.17) is 0 Å². The monoisotopic (exact) mass is 433 g/mol. The van der Waals surface area contributed by atoms with Crippen molar-refractivity contribution in [3.05, 3.63) is 59.2 Å². The summed E-state index contributed by atoms with van der Waals surface area (Å²) in [5, 5.41) is 3.03. The zero-order valence-electron chi connectivity index (χ0n) is 19.4. The van der Waals surface area contributed by atoms with E-state index in [1.165, 1.54) is 49.0 Å². The lowest BCUT2D eigenvalue weighted by molar-refractivity contribution is -0.122. The van der Waals surface area contributed by atoms with Gasteiger partial charge in [-0.3, -0.25) is 14.5 Å². The summed E-state index contributed by atoms with van der Waals surface area (Å²) in [7, 11) is 0. The van der Waals surface area contributed by atoms with Crippen LogP contribution in [0.4, 0.5) is 11.4 Å². The van der Waals surface area contributed by atoms with Gasteiger partial charge in [0, 0.05) is 30.9 Å². The zero-order valence-corrected chi connectivity index (χ0v) is 19.4. The summed E-state index contributed by atoms with van der Waals surface area (Å²) in [4.78, 5) is 30.1. The van der Waals surface area contributed by atoms with Gasteiger partial charge in [-0.15, -0.1) is 0 Å². The molecule has 2 aromatic rings. The maximum atomic E-state index is 12.9. The highest BCUT2D eigenvalue weighted by Gasteiger charge is 2.36. The largest absolute Gasteiger partial charge is 0.326 e. The molecule has 5 heteroatoms. The summed E-state index contributed by atoms with van der Waals surface area (Å²) in [6.45, 7) is 7.98. The van der Waals surface area contributed by atoms with E-state index in [1.54, 1.807) is 0 Å². The summed E-state index contributed by atoms with van der Waals surface area (Å²) in [6.07, 6.45) is 5.91. The molecule has 0 saturated carbocycles. The summed E-state index contributed by atoms with van der Waals surface area (Å²) in [5.41, 5.74) is 5.42. The number of amides is 2. The van der Waals surface area contributed by atoms with Gasteiger partial charge in [-0.25, -0.2) is 0 Å². The summed E-state index contributed by atoms with van der Waals surface area (Å²) < 4.78 is 0. The van der Waals surface area contributed by atoms with E-state index in [0.717, 1.165) is 30.8 Å². The number of carbonyl (C=O) groups is 2. The van der Waals surface area contributed by atoms with E-state index >= 15 is 0 Å². The first-order chi connectivity index (χ1) is 15.6. The minimum Gasteiger partial charge on any atom is -0.326 e. The van der Waals surface area contributed by atoms with E-state index in [9.17, 15) is 9.59 Å². The number of rotatable bonds is 7. The second-order valence-corrected chi connectivity index (χ2v) is 9.06. The van der Waals surface area contributed by atoms with Gasteiger partial charge in [0.15, 0.2) is 0 Å². The smallest absolute Gasteiger partial charge is 0.229 e. The summed E-state index contributed by atoms with van der Waals surface area (Å²) in [5.74, 6) is -0.362. The minimum atomic E-state index is -0.329. The molecular formula is C27H35N3O2. The third kappa shape index (κ3) is 5.04. The lowest BCUT2D eigenvalue weighted by Crippen LogP contribution is -2.29. The van der Waals surface area contributed by atoms with Crippen molar-refractivity contribution in [1.29, 1.82) is 0 Å². The fourth-order valence-corrected chi connectivity index (χ4v) is 4.97. The first-order valence-electron chi connectivity index (χ1n) is 12.1. The van der Waals surface area contributed by atoms with E-state index in [1.807, 2.05) is 17.0 Å². The molecule has 1 N–H and O–H groups in total. The molecule has 2 aromatic carbocycles. The Bertz CT molecular complexity index is 926. The SMILES string of the molecule is CCc1cccc(CC)c1N1CC(C(=O)Nc2ccc(CN3CCCCC3)cc2)CC1=O. The van der Waals surface area contributed by atoms with Crippen LogP contribution in [-0.4, -0.2) is 36.3 Å². The normalized spacial score (nSPS) is 19.4. The molecule has 4 rings (SSSR count). The van der Waals surface area contributed by atoms with E-state index in [0.29, 0.717) is 6.54 Å². The van der Waals surface area contributed by atoms with Gasteiger partial charge < -0.3 is 10.2 Å². The van der Waals surface area contributed by atoms with Crippen LogP contribution in [0.1, 0.15) is 56.2 Å². The van der Waals surface area contributed by atoms with Crippen molar-refractivity contribution in [2.75, 3.05) is 29.9 Å². The van der Waals surface area contributed by atoms with Crippen LogP contribution in [0.5, 0.6) is 0 Å². The van der Waals surface area contributed by atoms with Crippen molar-refractivity contribution in [2.45, 2.75) is 58.9 Å². The Balaban J connectivity index is 1.39. The Morgan fingerprint density at radius 2 is 1.62 bits per heavy atom. The number of nitrogens with one attached hydrogen (secondary N) is 1. The summed E-state index contributed by atoms with van der Waals surface area (Å²) >= 11 is 0. The third-order valence-electron chi connectivity index (χ3n) is 6.81. The number of para-hydroxylation sites is 1. The van der Waals surface area contributed by atoms with Crippen LogP contribution in [0.2, 0.25) is 0 Å². The maximum absolute atomic E-state index is 12.9. The standard InChI is InChI=1S/C27H35N3O2/c1-3-21-9-8-10-22(4-2)26(21)30-19-23(17-25(30)31)27(32)28-24-13-11-20(12-14-24)18-29-15-6-5-7-16-29/h8-14,23H,3-7,15-19H2,1-2H3,(H,28,32). The lowest BCUT2D eigenvalue weighted by atomic mass is 10.0. The second kappa shape index (κ2) is 10.3. The van der Waals surface area contributed by atoms with E-state index in [2.05, 4.69) is 54.4 Å². The quantitative estimate of drug-likeness (QED) is 0.683. The molecule has 2 aliphatic rings. The molecule has 1 unspecified atom stereocenters. The second-order valence-electron chi connectivity index (χ2n) is 9.06. The number of hydrogen-bond acceptors (Lipinski definition) is 3. The highest BCUT2D eigenvalue weighted by Crippen LogP contribution is 2.33. The average Bonchev–Trinajstić information content (AvgIpc) is 3.21.